The van der Waals surface area contributed by atoms with Gasteiger partial charge in [-0.2, -0.15) is 0 Å². The second-order valence-corrected chi connectivity index (χ2v) is 8.15. The number of hydrogen-bond donors (Lipinski definition) is 1. The van der Waals surface area contributed by atoms with Crippen LogP contribution in [0.3, 0.4) is 0 Å². The van der Waals surface area contributed by atoms with Crippen molar-refractivity contribution in [2.24, 2.45) is 5.92 Å². The molecule has 1 heterocycles. The smallest absolute Gasteiger partial charge is 0.230 e. The van der Waals surface area contributed by atoms with Crippen LogP contribution in [0.4, 0.5) is 0 Å². The van der Waals surface area contributed by atoms with E-state index in [9.17, 15) is 4.79 Å². The predicted molar refractivity (Wildman–Crippen MR) is 111 cm³/mol. The van der Waals surface area contributed by atoms with Crippen LogP contribution < -0.4 is 5.32 Å². The van der Waals surface area contributed by atoms with Gasteiger partial charge in [-0.15, -0.1) is 0 Å². The molecule has 0 spiro atoms. The molecule has 1 aliphatic carbocycles. The average molecular weight is 380 g/mol. The molecule has 1 N–H and O–H groups in total. The molecule has 1 saturated carbocycles. The van der Waals surface area contributed by atoms with Crippen molar-refractivity contribution in [1.29, 1.82) is 0 Å². The summed E-state index contributed by atoms with van der Waals surface area (Å²) in [6.07, 6.45) is 2.38. The highest BCUT2D eigenvalue weighted by Gasteiger charge is 2.33. The Bertz CT molecular complexity index is 944. The fraction of sp³-hybridized carbons (Fsp3) is 0.364. The Morgan fingerprint density at radius 3 is 2.67 bits per heavy atom. The topological polar surface area (TPSA) is 46.9 Å². The molecular weight excluding hydrogens is 354 g/mol. The van der Waals surface area contributed by atoms with E-state index in [1.165, 1.54) is 35.7 Å². The van der Waals surface area contributed by atoms with Crippen LogP contribution in [-0.4, -0.2) is 21.2 Å². The summed E-state index contributed by atoms with van der Waals surface area (Å²) in [4.78, 5) is 17.3. The van der Waals surface area contributed by atoms with E-state index in [2.05, 4.69) is 54.1 Å². The number of benzene rings is 2. The maximum absolute atomic E-state index is 12.6. The van der Waals surface area contributed by atoms with Crippen molar-refractivity contribution in [2.45, 2.75) is 44.4 Å². The first-order chi connectivity index (χ1) is 13.2. The van der Waals surface area contributed by atoms with Gasteiger partial charge in [0.15, 0.2) is 5.16 Å². The summed E-state index contributed by atoms with van der Waals surface area (Å²) in [5, 5.41) is 4.17. The Balaban J connectivity index is 1.44. The standard InChI is InChI=1S/C22H25N3OS/c1-3-25-19-7-5-4-6-18(19)23-22(25)27-14-20(26)24-21(17-12-13-17)16-10-8-15(2)9-11-16/h4-11,17,21H,3,12-14H2,1-2H3,(H,24,26). The number of thioether (sulfide) groups is 1. The number of amides is 1. The number of para-hydroxylation sites is 2. The highest BCUT2D eigenvalue weighted by Crippen LogP contribution is 2.41. The molecule has 4 nitrogen and oxygen atoms in total. The SMILES string of the molecule is CCn1c(SCC(=O)NC(c2ccc(C)cc2)C2CC2)nc2ccccc21. The molecule has 1 fully saturated rings. The lowest BCUT2D eigenvalue weighted by molar-refractivity contribution is -0.119. The number of rotatable bonds is 7. The van der Waals surface area contributed by atoms with Gasteiger partial charge in [0.25, 0.3) is 0 Å². The van der Waals surface area contributed by atoms with E-state index in [1.54, 1.807) is 0 Å². The maximum atomic E-state index is 12.6. The number of aryl methyl sites for hydroxylation is 2. The highest BCUT2D eigenvalue weighted by atomic mass is 32.2. The van der Waals surface area contributed by atoms with Gasteiger partial charge in [0, 0.05) is 6.54 Å². The van der Waals surface area contributed by atoms with Crippen molar-refractivity contribution in [2.75, 3.05) is 5.75 Å². The number of fused-ring (bicyclic) bond motifs is 1. The van der Waals surface area contributed by atoms with Crippen molar-refractivity contribution in [3.8, 4) is 0 Å². The summed E-state index contributed by atoms with van der Waals surface area (Å²) in [5.41, 5.74) is 4.56. The fourth-order valence-corrected chi connectivity index (χ4v) is 4.38. The summed E-state index contributed by atoms with van der Waals surface area (Å²) in [7, 11) is 0. The number of carbonyl (C=O) groups excluding carboxylic acids is 1. The van der Waals surface area contributed by atoms with E-state index in [1.807, 2.05) is 18.2 Å². The molecule has 0 bridgehead atoms. The minimum atomic E-state index is 0.0761. The first-order valence-corrected chi connectivity index (χ1v) is 10.6. The molecule has 1 aromatic heterocycles. The third-order valence-corrected chi connectivity index (χ3v) is 6.09. The van der Waals surface area contributed by atoms with Crippen LogP contribution in [0.2, 0.25) is 0 Å². The number of carbonyl (C=O) groups is 1. The quantitative estimate of drug-likeness (QED) is 0.604. The zero-order chi connectivity index (χ0) is 18.8. The summed E-state index contributed by atoms with van der Waals surface area (Å²) in [6.45, 7) is 5.04. The molecule has 4 rings (SSSR count). The van der Waals surface area contributed by atoms with Crippen molar-refractivity contribution in [3.05, 3.63) is 59.7 Å². The Kier molecular flexibility index (Phi) is 5.21. The summed E-state index contributed by atoms with van der Waals surface area (Å²) in [6, 6.07) is 16.8. The molecule has 1 amide bonds. The predicted octanol–water partition coefficient (Wildman–Crippen LogP) is 4.72. The molecule has 2 aromatic carbocycles. The minimum absolute atomic E-state index is 0.0761. The van der Waals surface area contributed by atoms with Crippen LogP contribution in [0.5, 0.6) is 0 Å². The van der Waals surface area contributed by atoms with Gasteiger partial charge in [0.05, 0.1) is 22.8 Å². The van der Waals surface area contributed by atoms with E-state index in [0.29, 0.717) is 11.7 Å². The molecule has 1 unspecified atom stereocenters. The Hall–Kier alpha value is -2.27. The minimum Gasteiger partial charge on any atom is -0.348 e. The van der Waals surface area contributed by atoms with E-state index in [0.717, 1.165) is 22.7 Å². The molecule has 1 atom stereocenters. The normalized spacial score (nSPS) is 15.0. The molecule has 1 aliphatic rings. The molecule has 0 aliphatic heterocycles. The molecule has 0 saturated heterocycles. The van der Waals surface area contributed by atoms with E-state index < -0.39 is 0 Å². The Labute approximate surface area is 164 Å². The third kappa shape index (κ3) is 4.03. The molecular formula is C22H25N3OS. The van der Waals surface area contributed by atoms with Gasteiger partial charge in [-0.05, 0) is 50.3 Å². The van der Waals surface area contributed by atoms with Crippen LogP contribution in [0.15, 0.2) is 53.7 Å². The lowest BCUT2D eigenvalue weighted by Crippen LogP contribution is -2.31. The van der Waals surface area contributed by atoms with Gasteiger partial charge in [-0.25, -0.2) is 4.98 Å². The number of nitrogens with zero attached hydrogens (tertiary/aromatic N) is 2. The summed E-state index contributed by atoms with van der Waals surface area (Å²) < 4.78 is 2.17. The fourth-order valence-electron chi connectivity index (χ4n) is 3.49. The van der Waals surface area contributed by atoms with Crippen molar-refractivity contribution < 1.29 is 4.79 Å². The van der Waals surface area contributed by atoms with Gasteiger partial charge < -0.3 is 9.88 Å². The molecule has 27 heavy (non-hydrogen) atoms. The monoisotopic (exact) mass is 379 g/mol. The van der Waals surface area contributed by atoms with Crippen LogP contribution in [0, 0.1) is 12.8 Å². The van der Waals surface area contributed by atoms with Crippen molar-refractivity contribution in [3.63, 3.8) is 0 Å². The van der Waals surface area contributed by atoms with Crippen LogP contribution in [0.25, 0.3) is 11.0 Å². The van der Waals surface area contributed by atoms with Crippen LogP contribution in [-0.2, 0) is 11.3 Å². The molecule has 3 aromatic rings. The van der Waals surface area contributed by atoms with E-state index >= 15 is 0 Å². The maximum Gasteiger partial charge on any atom is 0.230 e. The zero-order valence-electron chi connectivity index (χ0n) is 15.8. The number of aromatic nitrogens is 2. The largest absolute Gasteiger partial charge is 0.348 e. The van der Waals surface area contributed by atoms with Gasteiger partial charge >= 0.3 is 0 Å². The number of nitrogens with one attached hydrogen (secondary N) is 1. The molecule has 140 valence electrons. The lowest BCUT2D eigenvalue weighted by Gasteiger charge is -2.19. The average Bonchev–Trinajstić information content (AvgIpc) is 3.45. The van der Waals surface area contributed by atoms with Crippen LogP contribution >= 0.6 is 11.8 Å². The third-order valence-electron chi connectivity index (χ3n) is 5.11. The summed E-state index contributed by atoms with van der Waals surface area (Å²) >= 11 is 1.52. The van der Waals surface area contributed by atoms with Gasteiger partial charge in [-0.3, -0.25) is 4.79 Å². The second-order valence-electron chi connectivity index (χ2n) is 7.21. The van der Waals surface area contributed by atoms with Gasteiger partial charge in [0.1, 0.15) is 0 Å². The second kappa shape index (κ2) is 7.77. The van der Waals surface area contributed by atoms with Gasteiger partial charge in [-0.1, -0.05) is 53.7 Å². The summed E-state index contributed by atoms with van der Waals surface area (Å²) in [5.74, 6) is 1.03. The van der Waals surface area contributed by atoms with Crippen molar-refractivity contribution in [1.82, 2.24) is 14.9 Å². The molecule has 0 radical (unpaired) electrons. The van der Waals surface area contributed by atoms with Crippen molar-refractivity contribution >= 4 is 28.7 Å². The van der Waals surface area contributed by atoms with Gasteiger partial charge in [0.2, 0.25) is 5.91 Å². The van der Waals surface area contributed by atoms with Crippen LogP contribution in [0.1, 0.15) is 36.9 Å². The zero-order valence-corrected chi connectivity index (χ0v) is 16.6. The van der Waals surface area contributed by atoms with E-state index in [-0.39, 0.29) is 11.9 Å². The Morgan fingerprint density at radius 1 is 1.22 bits per heavy atom. The first-order valence-electron chi connectivity index (χ1n) is 9.59. The first kappa shape index (κ1) is 18.1. The highest BCUT2D eigenvalue weighted by molar-refractivity contribution is 7.99. The molecule has 5 heteroatoms. The number of hydrogen-bond acceptors (Lipinski definition) is 3. The Morgan fingerprint density at radius 2 is 1.96 bits per heavy atom. The number of imidazole rings is 1. The lowest BCUT2D eigenvalue weighted by atomic mass is 10.0. The van der Waals surface area contributed by atoms with E-state index in [4.69, 9.17) is 4.98 Å².